The van der Waals surface area contributed by atoms with Crippen LogP contribution in [0.4, 0.5) is 15.8 Å². The number of amides is 2. The van der Waals surface area contributed by atoms with Crippen LogP contribution in [-0.2, 0) is 9.59 Å². The Bertz CT molecular complexity index is 1110. The third kappa shape index (κ3) is 4.23. The van der Waals surface area contributed by atoms with Gasteiger partial charge in [-0.05, 0) is 92.5 Å². The lowest BCUT2D eigenvalue weighted by molar-refractivity contribution is -0.122. The zero-order valence-electron chi connectivity index (χ0n) is 18.0. The first-order valence-corrected chi connectivity index (χ1v) is 11.0. The van der Waals surface area contributed by atoms with E-state index in [1.165, 1.54) is 17.0 Å². The van der Waals surface area contributed by atoms with Crippen molar-refractivity contribution in [3.05, 3.63) is 58.9 Å². The van der Waals surface area contributed by atoms with Crippen molar-refractivity contribution in [1.29, 1.82) is 0 Å². The van der Waals surface area contributed by atoms with Gasteiger partial charge in [-0.25, -0.2) is 4.39 Å². The number of hydrogen-bond donors (Lipinski definition) is 1. The van der Waals surface area contributed by atoms with Gasteiger partial charge in [-0.2, -0.15) is 0 Å². The number of nitrogens with one attached hydrogen (secondary N) is 1. The molecule has 0 bridgehead atoms. The van der Waals surface area contributed by atoms with E-state index < -0.39 is 11.8 Å². The fourth-order valence-electron chi connectivity index (χ4n) is 3.94. The number of ether oxygens (including phenoxy) is 1. The highest BCUT2D eigenvalue weighted by atomic mass is 32.1. The zero-order valence-corrected chi connectivity index (χ0v) is 18.8. The molecule has 2 heterocycles. The number of halogens is 1. The van der Waals surface area contributed by atoms with Crippen molar-refractivity contribution in [3.63, 3.8) is 0 Å². The highest BCUT2D eigenvalue weighted by Gasteiger charge is 2.34. The fourth-order valence-corrected chi connectivity index (χ4v) is 4.22. The molecule has 2 aliphatic rings. The van der Waals surface area contributed by atoms with Gasteiger partial charge < -0.3 is 9.64 Å². The van der Waals surface area contributed by atoms with Crippen molar-refractivity contribution in [3.8, 4) is 5.75 Å². The predicted octanol–water partition coefficient (Wildman–Crippen LogP) is 3.96. The quantitative estimate of drug-likeness (QED) is 0.422. The SMILES string of the molecule is CCOc1ccc(N2C(=O)C(=Cc3cc(F)c(N4CCCC4)cc3C)C(=O)NC2=S)cc1. The number of rotatable bonds is 5. The highest BCUT2D eigenvalue weighted by Crippen LogP contribution is 2.29. The van der Waals surface area contributed by atoms with E-state index in [0.717, 1.165) is 31.5 Å². The molecule has 2 aliphatic heterocycles. The van der Waals surface area contributed by atoms with E-state index in [1.807, 2.05) is 18.7 Å². The summed E-state index contributed by atoms with van der Waals surface area (Å²) in [4.78, 5) is 29.1. The van der Waals surface area contributed by atoms with Gasteiger partial charge in [0.05, 0.1) is 18.0 Å². The Morgan fingerprint density at radius 2 is 1.84 bits per heavy atom. The number of carbonyl (C=O) groups is 2. The molecule has 0 saturated carbocycles. The lowest BCUT2D eigenvalue weighted by Gasteiger charge is -2.29. The molecule has 0 atom stereocenters. The van der Waals surface area contributed by atoms with Crippen LogP contribution >= 0.6 is 12.2 Å². The van der Waals surface area contributed by atoms with Gasteiger partial charge in [-0.3, -0.25) is 19.8 Å². The second kappa shape index (κ2) is 9.08. The van der Waals surface area contributed by atoms with Crippen LogP contribution in [0.1, 0.15) is 30.9 Å². The minimum Gasteiger partial charge on any atom is -0.494 e. The average Bonchev–Trinajstić information content (AvgIpc) is 3.29. The van der Waals surface area contributed by atoms with Crippen molar-refractivity contribution in [2.45, 2.75) is 26.7 Å². The molecule has 0 radical (unpaired) electrons. The first-order chi connectivity index (χ1) is 15.4. The van der Waals surface area contributed by atoms with Gasteiger partial charge in [-0.1, -0.05) is 0 Å². The van der Waals surface area contributed by atoms with Crippen LogP contribution in [0.15, 0.2) is 42.0 Å². The third-order valence-corrected chi connectivity index (χ3v) is 5.87. The summed E-state index contributed by atoms with van der Waals surface area (Å²) in [5.41, 5.74) is 2.20. The summed E-state index contributed by atoms with van der Waals surface area (Å²) in [7, 11) is 0. The van der Waals surface area contributed by atoms with Crippen LogP contribution < -0.4 is 19.9 Å². The Morgan fingerprint density at radius 3 is 2.50 bits per heavy atom. The second-order valence-corrected chi connectivity index (χ2v) is 8.13. The van der Waals surface area contributed by atoms with Gasteiger partial charge in [-0.15, -0.1) is 0 Å². The van der Waals surface area contributed by atoms with Crippen LogP contribution in [0.5, 0.6) is 5.75 Å². The lowest BCUT2D eigenvalue weighted by Crippen LogP contribution is -2.54. The van der Waals surface area contributed by atoms with E-state index in [2.05, 4.69) is 5.32 Å². The molecule has 2 saturated heterocycles. The molecule has 0 aliphatic carbocycles. The molecule has 0 aromatic heterocycles. The molecular formula is C24H24FN3O3S. The van der Waals surface area contributed by atoms with Crippen LogP contribution in [0.2, 0.25) is 0 Å². The number of anilines is 2. The maximum absolute atomic E-state index is 14.8. The number of thiocarbonyl (C=S) groups is 1. The van der Waals surface area contributed by atoms with Gasteiger partial charge in [0, 0.05) is 13.1 Å². The van der Waals surface area contributed by atoms with Gasteiger partial charge in [0.1, 0.15) is 17.1 Å². The largest absolute Gasteiger partial charge is 0.494 e. The summed E-state index contributed by atoms with van der Waals surface area (Å²) >= 11 is 5.24. The Hall–Kier alpha value is -3.26. The van der Waals surface area contributed by atoms with Crippen LogP contribution in [0, 0.1) is 12.7 Å². The molecule has 1 N–H and O–H groups in total. The van der Waals surface area contributed by atoms with Crippen LogP contribution in [-0.4, -0.2) is 36.6 Å². The molecule has 2 aromatic carbocycles. The summed E-state index contributed by atoms with van der Waals surface area (Å²) in [6, 6.07) is 9.99. The highest BCUT2D eigenvalue weighted by molar-refractivity contribution is 7.80. The Balaban J connectivity index is 1.66. The summed E-state index contributed by atoms with van der Waals surface area (Å²) < 4.78 is 20.3. The molecule has 166 valence electrons. The molecule has 2 amide bonds. The van der Waals surface area contributed by atoms with Gasteiger partial charge in [0.15, 0.2) is 5.11 Å². The Labute approximate surface area is 191 Å². The second-order valence-electron chi connectivity index (χ2n) is 7.74. The predicted molar refractivity (Wildman–Crippen MR) is 126 cm³/mol. The Kier molecular flexibility index (Phi) is 6.23. The van der Waals surface area contributed by atoms with E-state index >= 15 is 0 Å². The maximum Gasteiger partial charge on any atom is 0.270 e. The summed E-state index contributed by atoms with van der Waals surface area (Å²) in [5, 5.41) is 2.55. The van der Waals surface area contributed by atoms with E-state index in [0.29, 0.717) is 29.3 Å². The van der Waals surface area contributed by atoms with Gasteiger partial charge in [0.2, 0.25) is 0 Å². The van der Waals surface area contributed by atoms with Crippen molar-refractivity contribution in [2.75, 3.05) is 29.5 Å². The molecule has 8 heteroatoms. The molecule has 2 fully saturated rings. The monoisotopic (exact) mass is 453 g/mol. The minimum absolute atomic E-state index is 0.00593. The number of nitrogens with zero attached hydrogens (tertiary/aromatic N) is 2. The smallest absolute Gasteiger partial charge is 0.270 e. The number of hydrogen-bond acceptors (Lipinski definition) is 5. The number of benzene rings is 2. The van der Waals surface area contributed by atoms with Crippen molar-refractivity contribution in [1.82, 2.24) is 5.32 Å². The summed E-state index contributed by atoms with van der Waals surface area (Å²) in [6.07, 6.45) is 3.51. The number of carbonyl (C=O) groups excluding carboxylic acids is 2. The lowest BCUT2D eigenvalue weighted by atomic mass is 10.0. The van der Waals surface area contributed by atoms with Crippen molar-refractivity contribution < 1.29 is 18.7 Å². The standard InChI is InChI=1S/C24H24FN3O3S/c1-3-31-18-8-6-17(7-9-18)28-23(30)19(22(29)26-24(28)32)13-16-14-20(25)21(12-15(16)2)27-10-4-5-11-27/h6-9,12-14H,3-5,10-11H2,1-2H3,(H,26,29,32). The molecular weight excluding hydrogens is 429 g/mol. The topological polar surface area (TPSA) is 61.9 Å². The fraction of sp³-hybridized carbons (Fsp3) is 0.292. The molecule has 6 nitrogen and oxygen atoms in total. The van der Waals surface area contributed by atoms with Crippen LogP contribution in [0.25, 0.3) is 6.08 Å². The number of aryl methyl sites for hydroxylation is 1. The first kappa shape index (κ1) is 22.0. The van der Waals surface area contributed by atoms with Gasteiger partial charge in [0.25, 0.3) is 11.8 Å². The first-order valence-electron chi connectivity index (χ1n) is 10.6. The minimum atomic E-state index is -0.606. The van der Waals surface area contributed by atoms with E-state index in [1.54, 1.807) is 30.3 Å². The molecule has 0 unspecified atom stereocenters. The molecule has 32 heavy (non-hydrogen) atoms. The van der Waals surface area contributed by atoms with Crippen molar-refractivity contribution in [2.24, 2.45) is 0 Å². The molecule has 2 aromatic rings. The third-order valence-electron chi connectivity index (χ3n) is 5.59. The van der Waals surface area contributed by atoms with Crippen LogP contribution in [0.3, 0.4) is 0 Å². The van der Waals surface area contributed by atoms with E-state index in [-0.39, 0.29) is 16.5 Å². The maximum atomic E-state index is 14.8. The van der Waals surface area contributed by atoms with E-state index in [9.17, 15) is 14.0 Å². The zero-order chi connectivity index (χ0) is 22.8. The summed E-state index contributed by atoms with van der Waals surface area (Å²) in [5.74, 6) is -0.875. The Morgan fingerprint density at radius 1 is 1.16 bits per heavy atom. The normalized spacial score (nSPS) is 17.8. The summed E-state index contributed by atoms with van der Waals surface area (Å²) in [6.45, 7) is 5.89. The molecule has 0 spiro atoms. The van der Waals surface area contributed by atoms with Gasteiger partial charge >= 0.3 is 0 Å². The average molecular weight is 454 g/mol. The van der Waals surface area contributed by atoms with Crippen molar-refractivity contribution >= 4 is 46.6 Å². The molecule has 4 rings (SSSR count). The van der Waals surface area contributed by atoms with E-state index in [4.69, 9.17) is 17.0 Å².